The van der Waals surface area contributed by atoms with E-state index in [4.69, 9.17) is 9.47 Å². The third-order valence-corrected chi connectivity index (χ3v) is 4.79. The molecule has 0 aliphatic heterocycles. The number of nitrogens with zero attached hydrogens (tertiary/aromatic N) is 2. The van der Waals surface area contributed by atoms with Crippen LogP contribution in [0.15, 0.2) is 21.6 Å². The van der Waals surface area contributed by atoms with Gasteiger partial charge in [-0.3, -0.25) is 4.79 Å². The molecule has 28 heavy (non-hydrogen) atoms. The minimum absolute atomic E-state index is 0. The van der Waals surface area contributed by atoms with Gasteiger partial charge in [-0.2, -0.15) is 0 Å². The van der Waals surface area contributed by atoms with Gasteiger partial charge in [0, 0.05) is 37.1 Å². The highest BCUT2D eigenvalue weighted by Crippen LogP contribution is 2.33. The molecule has 160 valence electrons. The molecule has 1 amide bonds. The molecule has 1 aromatic rings. The number of methoxy groups -OCH3 is 2. The van der Waals surface area contributed by atoms with Crippen LogP contribution in [0, 0.1) is 0 Å². The Morgan fingerprint density at radius 2 is 1.71 bits per heavy atom. The molecule has 0 saturated carbocycles. The van der Waals surface area contributed by atoms with Crippen molar-refractivity contribution >= 4 is 51.8 Å². The third kappa shape index (κ3) is 8.42. The molecule has 9 heteroatoms. The third-order valence-electron chi connectivity index (χ3n) is 4.05. The smallest absolute Gasteiger partial charge is 0.224 e. The lowest BCUT2D eigenvalue weighted by Crippen LogP contribution is -2.40. The summed E-state index contributed by atoms with van der Waals surface area (Å²) in [6.07, 6.45) is 0.437. The Hall–Kier alpha value is -1.23. The molecule has 0 heterocycles. The summed E-state index contributed by atoms with van der Waals surface area (Å²) in [6.45, 7) is 9.18. The quantitative estimate of drug-likeness (QED) is 0.256. The largest absolute Gasteiger partial charge is 0.493 e. The van der Waals surface area contributed by atoms with Gasteiger partial charge < -0.3 is 25.0 Å². The molecule has 2 N–H and O–H groups in total. The topological polar surface area (TPSA) is 75.2 Å². The van der Waals surface area contributed by atoms with Crippen LogP contribution in [0.3, 0.4) is 0 Å². The molecular weight excluding hydrogens is 539 g/mol. The number of guanidine groups is 1. The molecule has 0 atom stereocenters. The van der Waals surface area contributed by atoms with Crippen LogP contribution in [-0.2, 0) is 11.3 Å². The van der Waals surface area contributed by atoms with Crippen molar-refractivity contribution < 1.29 is 14.3 Å². The highest BCUT2D eigenvalue weighted by Gasteiger charge is 2.11. The first kappa shape index (κ1) is 26.8. The van der Waals surface area contributed by atoms with Crippen molar-refractivity contribution in [3.05, 3.63) is 22.2 Å². The Kier molecular flexibility index (Phi) is 14.1. The van der Waals surface area contributed by atoms with Gasteiger partial charge in [-0.05, 0) is 38.5 Å². The van der Waals surface area contributed by atoms with Crippen molar-refractivity contribution in [2.75, 3.05) is 40.4 Å². The fraction of sp³-hybridized carbons (Fsp3) is 0.579. The Morgan fingerprint density at radius 3 is 2.25 bits per heavy atom. The number of carbonyl (C=O) groups excluding carboxylic acids is 1. The summed E-state index contributed by atoms with van der Waals surface area (Å²) in [5, 5.41) is 6.41. The monoisotopic (exact) mass is 570 g/mol. The fourth-order valence-corrected chi connectivity index (χ4v) is 2.99. The van der Waals surface area contributed by atoms with E-state index in [2.05, 4.69) is 31.6 Å². The average molecular weight is 571 g/mol. The molecule has 0 fully saturated rings. The Balaban J connectivity index is 0.00000729. The van der Waals surface area contributed by atoms with E-state index < -0.39 is 0 Å². The Labute approximate surface area is 193 Å². The van der Waals surface area contributed by atoms with Crippen LogP contribution >= 0.6 is 39.9 Å². The van der Waals surface area contributed by atoms with E-state index in [1.807, 2.05) is 37.8 Å². The predicted molar refractivity (Wildman–Crippen MR) is 128 cm³/mol. The molecule has 0 radical (unpaired) electrons. The van der Waals surface area contributed by atoms with Crippen LogP contribution in [0.2, 0.25) is 0 Å². The Bertz CT molecular complexity index is 640. The second-order valence-electron chi connectivity index (χ2n) is 5.74. The van der Waals surface area contributed by atoms with E-state index in [0.717, 1.165) is 29.7 Å². The standard InChI is InChI=1S/C19H31BrN4O3.HI/c1-6-21-19(22-10-9-18(25)24(7-2)8-3)23-13-14-11-16(26-4)17(27-5)12-15(14)20;/h11-12H,6-10,13H2,1-5H3,(H2,21,22,23);1H. The van der Waals surface area contributed by atoms with E-state index in [9.17, 15) is 4.79 Å². The maximum absolute atomic E-state index is 12.1. The highest BCUT2D eigenvalue weighted by molar-refractivity contribution is 14.0. The van der Waals surface area contributed by atoms with Crippen LogP contribution in [0.5, 0.6) is 11.5 Å². The van der Waals surface area contributed by atoms with Gasteiger partial charge in [0.05, 0.1) is 20.8 Å². The van der Waals surface area contributed by atoms with Gasteiger partial charge in [0.15, 0.2) is 17.5 Å². The van der Waals surface area contributed by atoms with E-state index in [1.54, 1.807) is 14.2 Å². The lowest BCUT2D eigenvalue weighted by molar-refractivity contribution is -0.130. The number of halogens is 2. The van der Waals surface area contributed by atoms with Gasteiger partial charge >= 0.3 is 0 Å². The second-order valence-corrected chi connectivity index (χ2v) is 6.59. The van der Waals surface area contributed by atoms with Crippen molar-refractivity contribution in [1.29, 1.82) is 0 Å². The molecule has 0 aliphatic carbocycles. The van der Waals surface area contributed by atoms with Gasteiger partial charge in [0.25, 0.3) is 0 Å². The Morgan fingerprint density at radius 1 is 1.11 bits per heavy atom. The zero-order valence-corrected chi connectivity index (χ0v) is 21.2. The van der Waals surface area contributed by atoms with Crippen LogP contribution < -0.4 is 20.1 Å². The van der Waals surface area contributed by atoms with E-state index >= 15 is 0 Å². The molecule has 0 aromatic heterocycles. The van der Waals surface area contributed by atoms with E-state index in [0.29, 0.717) is 37.0 Å². The van der Waals surface area contributed by atoms with Crippen LogP contribution in [0.4, 0.5) is 0 Å². The molecule has 1 rings (SSSR count). The summed E-state index contributed by atoms with van der Waals surface area (Å²) >= 11 is 3.55. The molecule has 0 aliphatic rings. The summed E-state index contributed by atoms with van der Waals surface area (Å²) in [5.41, 5.74) is 0.976. The maximum atomic E-state index is 12.1. The first-order chi connectivity index (χ1) is 13.0. The first-order valence-electron chi connectivity index (χ1n) is 9.20. The van der Waals surface area contributed by atoms with Crippen molar-refractivity contribution in [1.82, 2.24) is 15.5 Å². The maximum Gasteiger partial charge on any atom is 0.224 e. The lowest BCUT2D eigenvalue weighted by atomic mass is 10.2. The number of nitrogens with one attached hydrogen (secondary N) is 2. The minimum Gasteiger partial charge on any atom is -0.493 e. The summed E-state index contributed by atoms with van der Waals surface area (Å²) < 4.78 is 11.6. The normalized spacial score (nSPS) is 10.7. The summed E-state index contributed by atoms with van der Waals surface area (Å²) in [4.78, 5) is 18.5. The molecule has 0 saturated heterocycles. The zero-order chi connectivity index (χ0) is 20.2. The lowest BCUT2D eigenvalue weighted by Gasteiger charge is -2.19. The highest BCUT2D eigenvalue weighted by atomic mass is 127. The van der Waals surface area contributed by atoms with E-state index in [1.165, 1.54) is 0 Å². The number of benzene rings is 1. The number of hydrogen-bond donors (Lipinski definition) is 2. The van der Waals surface area contributed by atoms with Crippen molar-refractivity contribution in [3.8, 4) is 11.5 Å². The SMILES string of the molecule is CCNC(=NCc1cc(OC)c(OC)cc1Br)NCCC(=O)N(CC)CC.I. The van der Waals surface area contributed by atoms with Crippen molar-refractivity contribution in [2.45, 2.75) is 33.7 Å². The van der Waals surface area contributed by atoms with Gasteiger partial charge in [0.2, 0.25) is 5.91 Å². The number of hydrogen-bond acceptors (Lipinski definition) is 4. The average Bonchev–Trinajstić information content (AvgIpc) is 2.67. The van der Waals surface area contributed by atoms with Crippen LogP contribution in [0.25, 0.3) is 0 Å². The van der Waals surface area contributed by atoms with Gasteiger partial charge in [0.1, 0.15) is 0 Å². The minimum atomic E-state index is 0. The van der Waals surface area contributed by atoms with Crippen molar-refractivity contribution in [2.24, 2.45) is 4.99 Å². The number of aliphatic imine (C=N–C) groups is 1. The molecule has 1 aromatic carbocycles. The first-order valence-corrected chi connectivity index (χ1v) is 10.00. The van der Waals surface area contributed by atoms with Gasteiger partial charge in [-0.25, -0.2) is 4.99 Å². The second kappa shape index (κ2) is 14.7. The summed E-state index contributed by atoms with van der Waals surface area (Å²) in [5.74, 6) is 2.14. The van der Waals surface area contributed by atoms with Gasteiger partial charge in [-0.15, -0.1) is 24.0 Å². The number of carbonyl (C=O) groups is 1. The van der Waals surface area contributed by atoms with Gasteiger partial charge in [-0.1, -0.05) is 15.9 Å². The molecule has 0 spiro atoms. The van der Waals surface area contributed by atoms with Crippen LogP contribution in [-0.4, -0.2) is 57.2 Å². The molecule has 0 unspecified atom stereocenters. The summed E-state index contributed by atoms with van der Waals surface area (Å²) in [7, 11) is 3.21. The van der Waals surface area contributed by atoms with E-state index in [-0.39, 0.29) is 29.9 Å². The molecule has 0 bridgehead atoms. The zero-order valence-electron chi connectivity index (χ0n) is 17.3. The fourth-order valence-electron chi connectivity index (χ4n) is 2.55. The molecule has 7 nitrogen and oxygen atoms in total. The number of rotatable bonds is 10. The predicted octanol–water partition coefficient (Wildman–Crippen LogP) is 3.40. The number of amides is 1. The number of ether oxygens (including phenoxy) is 2. The summed E-state index contributed by atoms with van der Waals surface area (Å²) in [6, 6.07) is 3.77. The molecular formula is C19H32BrIN4O3. The van der Waals surface area contributed by atoms with Crippen LogP contribution in [0.1, 0.15) is 32.8 Å². The van der Waals surface area contributed by atoms with Crippen molar-refractivity contribution in [3.63, 3.8) is 0 Å².